The lowest BCUT2D eigenvalue weighted by Crippen LogP contribution is -2.45. The van der Waals surface area contributed by atoms with Crippen molar-refractivity contribution in [1.82, 2.24) is 15.6 Å². The molecule has 7 heteroatoms. The molecule has 1 saturated carbocycles. The fraction of sp³-hybridized carbons (Fsp3) is 0.500. The Labute approximate surface area is 183 Å². The van der Waals surface area contributed by atoms with Gasteiger partial charge in [0, 0.05) is 23.9 Å². The Kier molecular flexibility index (Phi) is 9.47. The lowest BCUT2D eigenvalue weighted by molar-refractivity contribution is 0.418. The van der Waals surface area contributed by atoms with Gasteiger partial charge in [0.1, 0.15) is 6.26 Å². The van der Waals surface area contributed by atoms with Gasteiger partial charge in [-0.25, -0.2) is 4.98 Å². The van der Waals surface area contributed by atoms with Gasteiger partial charge in [0.2, 0.25) is 5.89 Å². The van der Waals surface area contributed by atoms with E-state index in [4.69, 9.17) is 4.42 Å². The van der Waals surface area contributed by atoms with E-state index in [0.717, 1.165) is 22.5 Å². The SMILES string of the molecule is CCSC1CCCC(NC(=NC)NCc2coc(-c3ccccc3)n2)C1.I. The predicted octanol–water partition coefficient (Wildman–Crippen LogP) is 4.69. The van der Waals surface area contributed by atoms with Crippen molar-refractivity contribution in [3.8, 4) is 11.5 Å². The van der Waals surface area contributed by atoms with E-state index in [0.29, 0.717) is 18.5 Å². The second-order valence-electron chi connectivity index (χ2n) is 6.52. The van der Waals surface area contributed by atoms with Crippen LogP contribution in [0.1, 0.15) is 38.3 Å². The first-order valence-corrected chi connectivity index (χ1v) is 10.4. The van der Waals surface area contributed by atoms with E-state index in [1.807, 2.05) is 37.4 Å². The van der Waals surface area contributed by atoms with Crippen molar-refractivity contribution < 1.29 is 4.42 Å². The lowest BCUT2D eigenvalue weighted by Gasteiger charge is -2.30. The molecule has 1 aromatic carbocycles. The first kappa shape index (κ1) is 22.1. The molecule has 1 fully saturated rings. The first-order chi connectivity index (χ1) is 12.8. The highest BCUT2D eigenvalue weighted by molar-refractivity contribution is 14.0. The smallest absolute Gasteiger partial charge is 0.226 e. The molecule has 3 rings (SSSR count). The Bertz CT molecular complexity index is 705. The quantitative estimate of drug-likeness (QED) is 0.343. The Balaban J connectivity index is 0.00000261. The minimum absolute atomic E-state index is 0. The van der Waals surface area contributed by atoms with Crippen LogP contribution < -0.4 is 10.6 Å². The number of thioether (sulfide) groups is 1. The van der Waals surface area contributed by atoms with Gasteiger partial charge in [0.15, 0.2) is 5.96 Å². The summed E-state index contributed by atoms with van der Waals surface area (Å²) in [7, 11) is 1.81. The number of halogens is 1. The molecule has 0 aliphatic heterocycles. The Hall–Kier alpha value is -1.22. The standard InChI is InChI=1S/C20H28N4OS.HI/c1-3-26-18-11-7-10-16(12-18)24-20(21-2)22-13-17-14-25-19(23-17)15-8-5-4-6-9-15;/h4-6,8-9,14,16,18H,3,7,10-13H2,1-2H3,(H2,21,22,24);1H. The molecule has 0 bridgehead atoms. The highest BCUT2D eigenvalue weighted by Crippen LogP contribution is 2.28. The molecule has 1 aliphatic carbocycles. The number of nitrogens with zero attached hydrogens (tertiary/aromatic N) is 2. The number of oxazole rings is 1. The van der Waals surface area contributed by atoms with Gasteiger partial charge < -0.3 is 15.1 Å². The van der Waals surface area contributed by atoms with Crippen molar-refractivity contribution in [3.63, 3.8) is 0 Å². The van der Waals surface area contributed by atoms with Crippen molar-refractivity contribution in [2.75, 3.05) is 12.8 Å². The lowest BCUT2D eigenvalue weighted by atomic mass is 9.95. The molecular weight excluding hydrogens is 471 g/mol. The van der Waals surface area contributed by atoms with Gasteiger partial charge in [-0.05, 0) is 37.1 Å². The summed E-state index contributed by atoms with van der Waals surface area (Å²) in [6.45, 7) is 2.83. The summed E-state index contributed by atoms with van der Waals surface area (Å²) in [6.07, 6.45) is 6.75. The molecule has 2 unspecified atom stereocenters. The average Bonchev–Trinajstić information content (AvgIpc) is 3.15. The van der Waals surface area contributed by atoms with Crippen LogP contribution in [0.15, 0.2) is 46.0 Å². The zero-order chi connectivity index (χ0) is 18.2. The third-order valence-corrected chi connectivity index (χ3v) is 5.84. The molecule has 2 N–H and O–H groups in total. The number of nitrogens with one attached hydrogen (secondary N) is 2. The summed E-state index contributed by atoms with van der Waals surface area (Å²) in [5, 5.41) is 7.70. The van der Waals surface area contributed by atoms with Crippen molar-refractivity contribution in [3.05, 3.63) is 42.3 Å². The number of rotatable bonds is 6. The fourth-order valence-electron chi connectivity index (χ4n) is 3.33. The summed E-state index contributed by atoms with van der Waals surface area (Å²) < 4.78 is 5.59. The molecule has 148 valence electrons. The largest absolute Gasteiger partial charge is 0.444 e. The molecule has 0 amide bonds. The number of aliphatic imine (C=N–C) groups is 1. The maximum absolute atomic E-state index is 5.59. The summed E-state index contributed by atoms with van der Waals surface area (Å²) >= 11 is 2.08. The summed E-state index contributed by atoms with van der Waals surface area (Å²) in [6, 6.07) is 10.4. The number of hydrogen-bond acceptors (Lipinski definition) is 4. The maximum atomic E-state index is 5.59. The minimum Gasteiger partial charge on any atom is -0.444 e. The van der Waals surface area contributed by atoms with Crippen molar-refractivity contribution in [2.24, 2.45) is 4.99 Å². The summed E-state index contributed by atoms with van der Waals surface area (Å²) in [5.41, 5.74) is 1.86. The molecule has 0 saturated heterocycles. The number of hydrogen-bond donors (Lipinski definition) is 2. The third-order valence-electron chi connectivity index (χ3n) is 4.60. The Morgan fingerprint density at radius 1 is 1.30 bits per heavy atom. The van der Waals surface area contributed by atoms with Crippen LogP contribution in [0.3, 0.4) is 0 Å². The fourth-order valence-corrected chi connectivity index (χ4v) is 4.50. The van der Waals surface area contributed by atoms with E-state index in [-0.39, 0.29) is 24.0 Å². The van der Waals surface area contributed by atoms with E-state index in [9.17, 15) is 0 Å². The van der Waals surface area contributed by atoms with Crippen LogP contribution in [-0.4, -0.2) is 35.0 Å². The molecule has 5 nitrogen and oxygen atoms in total. The van der Waals surface area contributed by atoms with Crippen LogP contribution >= 0.6 is 35.7 Å². The van der Waals surface area contributed by atoms with E-state index < -0.39 is 0 Å². The summed E-state index contributed by atoms with van der Waals surface area (Å²) in [4.78, 5) is 8.92. The van der Waals surface area contributed by atoms with E-state index in [1.54, 1.807) is 6.26 Å². The molecule has 1 aromatic heterocycles. The number of aromatic nitrogens is 1. The maximum Gasteiger partial charge on any atom is 0.226 e. The number of guanidine groups is 1. The molecule has 1 aliphatic rings. The van der Waals surface area contributed by atoms with Crippen molar-refractivity contribution >= 4 is 41.7 Å². The normalized spacial score (nSPS) is 20.0. The topological polar surface area (TPSA) is 62.5 Å². The van der Waals surface area contributed by atoms with Gasteiger partial charge in [-0.3, -0.25) is 4.99 Å². The number of benzene rings is 1. The van der Waals surface area contributed by atoms with Crippen molar-refractivity contribution in [1.29, 1.82) is 0 Å². The molecular formula is C20H29IN4OS. The van der Waals surface area contributed by atoms with Gasteiger partial charge in [-0.15, -0.1) is 24.0 Å². The van der Waals surface area contributed by atoms with Gasteiger partial charge in [0.25, 0.3) is 0 Å². The molecule has 2 aromatic rings. The van der Waals surface area contributed by atoms with E-state index >= 15 is 0 Å². The monoisotopic (exact) mass is 500 g/mol. The van der Waals surface area contributed by atoms with Crippen LogP contribution in [0.2, 0.25) is 0 Å². The predicted molar refractivity (Wildman–Crippen MR) is 125 cm³/mol. The van der Waals surface area contributed by atoms with E-state index in [2.05, 4.69) is 39.3 Å². The minimum atomic E-state index is 0. The first-order valence-electron chi connectivity index (χ1n) is 9.37. The zero-order valence-electron chi connectivity index (χ0n) is 16.0. The van der Waals surface area contributed by atoms with Gasteiger partial charge in [-0.2, -0.15) is 11.8 Å². The molecule has 1 heterocycles. The highest BCUT2D eigenvalue weighted by atomic mass is 127. The van der Waals surface area contributed by atoms with E-state index in [1.165, 1.54) is 31.4 Å². The van der Waals surface area contributed by atoms with Crippen LogP contribution in [-0.2, 0) is 6.54 Å². The third kappa shape index (κ3) is 6.71. The highest BCUT2D eigenvalue weighted by Gasteiger charge is 2.22. The average molecular weight is 500 g/mol. The Morgan fingerprint density at radius 3 is 2.85 bits per heavy atom. The molecule has 0 radical (unpaired) electrons. The van der Waals surface area contributed by atoms with Gasteiger partial charge in [-0.1, -0.05) is 31.5 Å². The second kappa shape index (κ2) is 11.6. The van der Waals surface area contributed by atoms with Crippen LogP contribution in [0.4, 0.5) is 0 Å². The van der Waals surface area contributed by atoms with Gasteiger partial charge >= 0.3 is 0 Å². The van der Waals surface area contributed by atoms with Crippen molar-refractivity contribution in [2.45, 2.75) is 50.4 Å². The summed E-state index contributed by atoms with van der Waals surface area (Å²) in [5.74, 6) is 2.68. The Morgan fingerprint density at radius 2 is 2.11 bits per heavy atom. The molecule has 2 atom stereocenters. The molecule has 27 heavy (non-hydrogen) atoms. The van der Waals surface area contributed by atoms with Gasteiger partial charge in [0.05, 0.1) is 12.2 Å². The second-order valence-corrected chi connectivity index (χ2v) is 8.10. The van der Waals surface area contributed by atoms with Crippen LogP contribution in [0.5, 0.6) is 0 Å². The zero-order valence-corrected chi connectivity index (χ0v) is 19.1. The molecule has 0 spiro atoms. The van der Waals surface area contributed by atoms with Crippen LogP contribution in [0, 0.1) is 0 Å². The van der Waals surface area contributed by atoms with Crippen LogP contribution in [0.25, 0.3) is 11.5 Å².